The summed E-state index contributed by atoms with van der Waals surface area (Å²) < 4.78 is 9.96. The molecule has 2 amide bonds. The van der Waals surface area contributed by atoms with Crippen molar-refractivity contribution in [2.24, 2.45) is 5.92 Å². The van der Waals surface area contributed by atoms with Gasteiger partial charge in [-0.15, -0.1) is 0 Å². The Bertz CT molecular complexity index is 273. The summed E-state index contributed by atoms with van der Waals surface area (Å²) in [6.07, 6.45) is 0.678. The van der Waals surface area contributed by atoms with Gasteiger partial charge in [-0.25, -0.2) is 9.59 Å². The van der Waals surface area contributed by atoms with Gasteiger partial charge in [-0.05, 0) is 5.92 Å². The molecule has 2 atom stereocenters. The van der Waals surface area contributed by atoms with E-state index in [4.69, 9.17) is 14.6 Å². The molecule has 7 heteroatoms. The number of hydrogen-bond donors (Lipinski definition) is 3. The van der Waals surface area contributed by atoms with Gasteiger partial charge in [0, 0.05) is 13.7 Å². The number of hydrogen-bond acceptors (Lipinski definition) is 4. The highest BCUT2D eigenvalue weighted by Gasteiger charge is 2.24. The van der Waals surface area contributed by atoms with Crippen molar-refractivity contribution in [2.75, 3.05) is 33.5 Å². The van der Waals surface area contributed by atoms with Gasteiger partial charge in [0.05, 0.1) is 19.8 Å². The van der Waals surface area contributed by atoms with Crippen LogP contribution in [0, 0.1) is 5.92 Å². The van der Waals surface area contributed by atoms with E-state index in [1.54, 1.807) is 14.0 Å². The zero-order valence-corrected chi connectivity index (χ0v) is 11.8. The van der Waals surface area contributed by atoms with Crippen molar-refractivity contribution >= 4 is 12.0 Å². The molecule has 0 spiro atoms. The van der Waals surface area contributed by atoms with E-state index in [-0.39, 0.29) is 5.92 Å². The number of urea groups is 1. The van der Waals surface area contributed by atoms with Crippen LogP contribution < -0.4 is 10.6 Å². The molecule has 0 fully saturated rings. The average molecular weight is 276 g/mol. The van der Waals surface area contributed by atoms with Crippen molar-refractivity contribution in [2.45, 2.75) is 26.3 Å². The highest BCUT2D eigenvalue weighted by atomic mass is 16.5. The number of carbonyl (C=O) groups excluding carboxylic acids is 1. The minimum Gasteiger partial charge on any atom is -0.480 e. The van der Waals surface area contributed by atoms with Crippen LogP contribution in [0.3, 0.4) is 0 Å². The maximum Gasteiger partial charge on any atom is 0.326 e. The summed E-state index contributed by atoms with van der Waals surface area (Å²) in [5.41, 5.74) is 0. The molecular weight excluding hydrogens is 252 g/mol. The van der Waals surface area contributed by atoms with E-state index in [0.29, 0.717) is 32.8 Å². The van der Waals surface area contributed by atoms with Crippen LogP contribution >= 0.6 is 0 Å². The summed E-state index contributed by atoms with van der Waals surface area (Å²) in [4.78, 5) is 22.5. The molecule has 0 aromatic heterocycles. The lowest BCUT2D eigenvalue weighted by Gasteiger charge is -2.20. The van der Waals surface area contributed by atoms with Crippen LogP contribution in [0.1, 0.15) is 20.3 Å². The molecule has 1 unspecified atom stereocenters. The molecule has 7 nitrogen and oxygen atoms in total. The van der Waals surface area contributed by atoms with Crippen LogP contribution in [0.5, 0.6) is 0 Å². The normalized spacial score (nSPS) is 13.6. The number of nitrogens with one attached hydrogen (secondary N) is 2. The molecule has 0 aliphatic rings. The number of carboxylic acids is 1. The summed E-state index contributed by atoms with van der Waals surface area (Å²) >= 11 is 0. The van der Waals surface area contributed by atoms with E-state index < -0.39 is 18.0 Å². The third kappa shape index (κ3) is 8.39. The summed E-state index contributed by atoms with van der Waals surface area (Å²) in [6.45, 7) is 5.31. The maximum atomic E-state index is 11.5. The molecule has 19 heavy (non-hydrogen) atoms. The van der Waals surface area contributed by atoms with Crippen LogP contribution in [-0.2, 0) is 14.3 Å². The zero-order valence-electron chi connectivity index (χ0n) is 11.8. The van der Waals surface area contributed by atoms with Gasteiger partial charge in [0.1, 0.15) is 6.04 Å². The van der Waals surface area contributed by atoms with Crippen molar-refractivity contribution in [3.8, 4) is 0 Å². The Kier molecular flexibility index (Phi) is 9.82. The fourth-order valence-electron chi connectivity index (χ4n) is 1.36. The van der Waals surface area contributed by atoms with Gasteiger partial charge in [-0.3, -0.25) is 0 Å². The van der Waals surface area contributed by atoms with Crippen molar-refractivity contribution in [3.63, 3.8) is 0 Å². The Balaban J connectivity index is 3.85. The number of carboxylic acid groups (broad SMARTS) is 1. The third-order valence-corrected chi connectivity index (χ3v) is 2.73. The minimum atomic E-state index is -1.03. The summed E-state index contributed by atoms with van der Waals surface area (Å²) in [5.74, 6) is -1.15. The first-order chi connectivity index (χ1) is 9.02. The van der Waals surface area contributed by atoms with Crippen LogP contribution in [-0.4, -0.2) is 56.6 Å². The van der Waals surface area contributed by atoms with Crippen molar-refractivity contribution in [1.29, 1.82) is 0 Å². The number of aliphatic carboxylic acids is 1. The summed E-state index contributed by atoms with van der Waals surface area (Å²) in [7, 11) is 1.58. The lowest BCUT2D eigenvalue weighted by Crippen LogP contribution is -2.49. The van der Waals surface area contributed by atoms with Gasteiger partial charge in [0.15, 0.2) is 0 Å². The lowest BCUT2D eigenvalue weighted by atomic mass is 9.99. The monoisotopic (exact) mass is 276 g/mol. The van der Waals surface area contributed by atoms with Gasteiger partial charge in [-0.2, -0.15) is 0 Å². The smallest absolute Gasteiger partial charge is 0.326 e. The third-order valence-electron chi connectivity index (χ3n) is 2.73. The second-order valence-electron chi connectivity index (χ2n) is 4.21. The van der Waals surface area contributed by atoms with E-state index in [1.165, 1.54) is 0 Å². The maximum absolute atomic E-state index is 11.5. The Morgan fingerprint density at radius 3 is 2.47 bits per heavy atom. The SMILES string of the molecule is CCC(C)[C@H](NC(=O)NCCOCCOC)C(=O)O. The highest BCUT2D eigenvalue weighted by Crippen LogP contribution is 2.07. The first-order valence-corrected chi connectivity index (χ1v) is 6.36. The number of methoxy groups -OCH3 is 1. The van der Waals surface area contributed by atoms with E-state index in [2.05, 4.69) is 10.6 Å². The van der Waals surface area contributed by atoms with Crippen LogP contribution in [0.15, 0.2) is 0 Å². The standard InChI is InChI=1S/C12H24N2O5/c1-4-9(2)10(11(15)16)14-12(17)13-5-6-19-8-7-18-3/h9-10H,4-8H2,1-3H3,(H,15,16)(H2,13,14,17)/t9?,10-/m0/s1. The van der Waals surface area contributed by atoms with Crippen molar-refractivity contribution in [3.05, 3.63) is 0 Å². The Labute approximate surface area is 113 Å². The fourth-order valence-corrected chi connectivity index (χ4v) is 1.36. The van der Waals surface area contributed by atoms with Crippen molar-refractivity contribution < 1.29 is 24.2 Å². The minimum absolute atomic E-state index is 0.124. The number of amides is 2. The predicted molar refractivity (Wildman–Crippen MR) is 70.1 cm³/mol. The molecule has 0 aromatic rings. The molecule has 0 heterocycles. The molecule has 0 saturated carbocycles. The second-order valence-corrected chi connectivity index (χ2v) is 4.21. The fraction of sp³-hybridized carbons (Fsp3) is 0.833. The Morgan fingerprint density at radius 2 is 1.95 bits per heavy atom. The van der Waals surface area contributed by atoms with Crippen LogP contribution in [0.2, 0.25) is 0 Å². The van der Waals surface area contributed by atoms with Gasteiger partial charge >= 0.3 is 12.0 Å². The number of carbonyl (C=O) groups is 2. The molecule has 0 radical (unpaired) electrons. The zero-order chi connectivity index (χ0) is 14.7. The predicted octanol–water partition coefficient (Wildman–Crippen LogP) is 0.448. The van der Waals surface area contributed by atoms with E-state index >= 15 is 0 Å². The molecule has 0 rings (SSSR count). The molecule has 0 saturated heterocycles. The molecule has 0 bridgehead atoms. The topological polar surface area (TPSA) is 96.9 Å². The summed E-state index contributed by atoms with van der Waals surface area (Å²) in [6, 6.07) is -1.37. The molecule has 0 aliphatic carbocycles. The van der Waals surface area contributed by atoms with Gasteiger partial charge in [0.25, 0.3) is 0 Å². The van der Waals surface area contributed by atoms with E-state index in [1.807, 2.05) is 6.92 Å². The van der Waals surface area contributed by atoms with Crippen LogP contribution in [0.25, 0.3) is 0 Å². The van der Waals surface area contributed by atoms with Crippen LogP contribution in [0.4, 0.5) is 4.79 Å². The second kappa shape index (κ2) is 10.6. The molecule has 112 valence electrons. The number of rotatable bonds is 10. The molecule has 3 N–H and O–H groups in total. The molecular formula is C12H24N2O5. The van der Waals surface area contributed by atoms with Gasteiger partial charge < -0.3 is 25.2 Å². The molecule has 0 aliphatic heterocycles. The lowest BCUT2D eigenvalue weighted by molar-refractivity contribution is -0.140. The van der Waals surface area contributed by atoms with Gasteiger partial charge in [-0.1, -0.05) is 20.3 Å². The Morgan fingerprint density at radius 1 is 1.26 bits per heavy atom. The first-order valence-electron chi connectivity index (χ1n) is 6.36. The number of ether oxygens (including phenoxy) is 2. The Hall–Kier alpha value is -1.34. The van der Waals surface area contributed by atoms with Gasteiger partial charge in [0.2, 0.25) is 0 Å². The average Bonchev–Trinajstić information content (AvgIpc) is 2.38. The van der Waals surface area contributed by atoms with E-state index in [0.717, 1.165) is 0 Å². The first kappa shape index (κ1) is 17.7. The largest absolute Gasteiger partial charge is 0.480 e. The van der Waals surface area contributed by atoms with E-state index in [9.17, 15) is 9.59 Å². The summed E-state index contributed by atoms with van der Waals surface area (Å²) in [5, 5.41) is 14.0. The highest BCUT2D eigenvalue weighted by molar-refractivity contribution is 5.82. The molecule has 0 aromatic carbocycles. The quantitative estimate of drug-likeness (QED) is 0.503. The van der Waals surface area contributed by atoms with Crippen molar-refractivity contribution in [1.82, 2.24) is 10.6 Å².